The molecule has 0 bridgehead atoms. The molecule has 0 saturated carbocycles. The number of aliphatic carboxylic acids is 1. The Kier molecular flexibility index (Phi) is 4.76. The summed E-state index contributed by atoms with van der Waals surface area (Å²) in [5.74, 6) is -2.35. The summed E-state index contributed by atoms with van der Waals surface area (Å²) in [5.41, 5.74) is 6.17. The number of nitrogens with zero attached hydrogens (tertiary/aromatic N) is 5. The molecule has 0 spiro atoms. The molecule has 2 atom stereocenters. The minimum Gasteiger partial charge on any atom is -0.477 e. The number of carboxylic acids is 1. The van der Waals surface area contributed by atoms with E-state index in [9.17, 15) is 23.1 Å². The van der Waals surface area contributed by atoms with Gasteiger partial charge in [-0.2, -0.15) is 8.42 Å². The Balaban J connectivity index is 1.84. The maximum absolute atomic E-state index is 11.7. The number of nitrogens with two attached hydrogens (primary N) is 1. The number of aromatic nitrogens is 4. The Hall–Kier alpha value is -1.68. The number of β-lactam (4-membered cyclic amide) rings is 1. The van der Waals surface area contributed by atoms with E-state index in [2.05, 4.69) is 15.5 Å². The van der Waals surface area contributed by atoms with E-state index in [0.29, 0.717) is 5.57 Å². The molecule has 2 aliphatic rings. The van der Waals surface area contributed by atoms with Crippen LogP contribution in [0.1, 0.15) is 6.42 Å². The van der Waals surface area contributed by atoms with E-state index in [-0.39, 0.29) is 34.3 Å². The van der Waals surface area contributed by atoms with Crippen LogP contribution < -0.4 is 5.73 Å². The first-order valence-corrected chi connectivity index (χ1v) is 10.2. The molecule has 0 aliphatic carbocycles. The molecule has 4 N–H and O–H groups in total. The molecule has 1 aromatic heterocycles. The summed E-state index contributed by atoms with van der Waals surface area (Å²) >= 11 is 2.23. The van der Waals surface area contributed by atoms with E-state index in [1.54, 1.807) is 0 Å². The van der Waals surface area contributed by atoms with Crippen molar-refractivity contribution in [3.63, 3.8) is 0 Å². The van der Waals surface area contributed by atoms with Crippen LogP contribution in [0.25, 0.3) is 0 Å². The van der Waals surface area contributed by atoms with Crippen molar-refractivity contribution in [1.29, 1.82) is 0 Å². The highest BCUT2D eigenvalue weighted by Gasteiger charge is 2.47. The molecule has 0 aromatic carbocycles. The van der Waals surface area contributed by atoms with Gasteiger partial charge < -0.3 is 10.8 Å². The summed E-state index contributed by atoms with van der Waals surface area (Å²) in [6, 6.07) is 0. The number of tetrazole rings is 1. The average Bonchev–Trinajstić information content (AvgIpc) is 2.90. The van der Waals surface area contributed by atoms with Crippen LogP contribution in [0.3, 0.4) is 0 Å². The summed E-state index contributed by atoms with van der Waals surface area (Å²) in [7, 11) is -4.34. The maximum atomic E-state index is 11.7. The zero-order valence-electron chi connectivity index (χ0n) is 12.3. The van der Waals surface area contributed by atoms with Gasteiger partial charge >= 0.3 is 5.97 Å². The van der Waals surface area contributed by atoms with Gasteiger partial charge in [-0.3, -0.25) is 14.2 Å². The summed E-state index contributed by atoms with van der Waals surface area (Å²) < 4.78 is 31.6. The standard InChI is InChI=1S/C10H12N6O6S3/c11-8-4(7(9(18)19)16-5(17)1-6(16)24-8)2-23-10-12-13-14-15(10)3-25(20,21)22/h6,8H,1-3,11H2,(H,18,19)(H,20,21,22). The van der Waals surface area contributed by atoms with Crippen LogP contribution in [0.4, 0.5) is 0 Å². The molecule has 0 radical (unpaired) electrons. The molecule has 1 aromatic rings. The third-order valence-electron chi connectivity index (χ3n) is 3.44. The van der Waals surface area contributed by atoms with E-state index >= 15 is 0 Å². The first-order valence-electron chi connectivity index (χ1n) is 6.71. The molecule has 1 amide bonds. The predicted octanol–water partition coefficient (Wildman–Crippen LogP) is -1.46. The Morgan fingerprint density at radius 1 is 1.48 bits per heavy atom. The molecule has 136 valence electrons. The number of hydrogen-bond donors (Lipinski definition) is 3. The summed E-state index contributed by atoms with van der Waals surface area (Å²) in [4.78, 5) is 24.5. The van der Waals surface area contributed by atoms with Crippen LogP contribution in [0, 0.1) is 0 Å². The molecule has 2 aliphatic heterocycles. The van der Waals surface area contributed by atoms with Gasteiger partial charge in [0.25, 0.3) is 10.1 Å². The van der Waals surface area contributed by atoms with E-state index < -0.39 is 27.3 Å². The molecule has 12 nitrogen and oxygen atoms in total. The van der Waals surface area contributed by atoms with Crippen molar-refractivity contribution in [1.82, 2.24) is 25.1 Å². The van der Waals surface area contributed by atoms with Gasteiger partial charge in [-0.1, -0.05) is 11.8 Å². The van der Waals surface area contributed by atoms with Crippen molar-refractivity contribution in [2.45, 2.75) is 28.2 Å². The highest BCUT2D eigenvalue weighted by molar-refractivity contribution is 8.01. The summed E-state index contributed by atoms with van der Waals surface area (Å²) in [6.07, 6.45) is 0.238. The molecule has 15 heteroatoms. The second-order valence-electron chi connectivity index (χ2n) is 5.12. The molecule has 2 unspecified atom stereocenters. The van der Waals surface area contributed by atoms with Gasteiger partial charge in [0.2, 0.25) is 11.1 Å². The zero-order chi connectivity index (χ0) is 18.4. The summed E-state index contributed by atoms with van der Waals surface area (Å²) in [6.45, 7) is 0. The third-order valence-corrected chi connectivity index (χ3v) is 6.29. The fourth-order valence-corrected chi connectivity index (χ4v) is 5.27. The van der Waals surface area contributed by atoms with Crippen molar-refractivity contribution in [3.05, 3.63) is 11.3 Å². The van der Waals surface area contributed by atoms with Gasteiger partial charge in [-0.15, -0.1) is 16.9 Å². The van der Waals surface area contributed by atoms with Gasteiger partial charge in [0, 0.05) is 5.75 Å². The van der Waals surface area contributed by atoms with E-state index in [0.717, 1.165) is 16.4 Å². The maximum Gasteiger partial charge on any atom is 0.352 e. The van der Waals surface area contributed by atoms with Gasteiger partial charge in [0.15, 0.2) is 5.88 Å². The average molecular weight is 408 g/mol. The van der Waals surface area contributed by atoms with Crippen molar-refractivity contribution < 1.29 is 27.7 Å². The minimum absolute atomic E-state index is 0.0398. The van der Waals surface area contributed by atoms with Crippen molar-refractivity contribution in [2.24, 2.45) is 5.73 Å². The lowest BCUT2D eigenvalue weighted by Crippen LogP contribution is -2.56. The van der Waals surface area contributed by atoms with E-state index in [1.165, 1.54) is 16.7 Å². The van der Waals surface area contributed by atoms with Crippen molar-refractivity contribution in [3.8, 4) is 0 Å². The number of carbonyl (C=O) groups excluding carboxylic acids is 1. The van der Waals surface area contributed by atoms with Gasteiger partial charge in [-0.05, 0) is 16.0 Å². The van der Waals surface area contributed by atoms with Crippen LogP contribution in [0.2, 0.25) is 0 Å². The smallest absolute Gasteiger partial charge is 0.352 e. The number of amides is 1. The quantitative estimate of drug-likeness (QED) is 0.283. The fourth-order valence-electron chi connectivity index (χ4n) is 2.37. The Morgan fingerprint density at radius 3 is 2.80 bits per heavy atom. The third kappa shape index (κ3) is 3.64. The van der Waals surface area contributed by atoms with Crippen molar-refractivity contribution >= 4 is 45.5 Å². The molecule has 3 heterocycles. The number of fused-ring (bicyclic) bond motifs is 1. The van der Waals surface area contributed by atoms with Gasteiger partial charge in [-0.25, -0.2) is 9.48 Å². The largest absolute Gasteiger partial charge is 0.477 e. The Morgan fingerprint density at radius 2 is 2.20 bits per heavy atom. The predicted molar refractivity (Wildman–Crippen MR) is 85.6 cm³/mol. The van der Waals surface area contributed by atoms with Crippen molar-refractivity contribution in [2.75, 3.05) is 5.75 Å². The normalized spacial score (nSPS) is 23.4. The number of thioether (sulfide) groups is 2. The number of carboxylic acid groups (broad SMARTS) is 1. The first-order chi connectivity index (χ1) is 11.7. The molecular weight excluding hydrogens is 396 g/mol. The zero-order valence-corrected chi connectivity index (χ0v) is 14.8. The molecule has 1 saturated heterocycles. The molecular formula is C10H12N6O6S3. The number of carbonyl (C=O) groups is 2. The highest BCUT2D eigenvalue weighted by atomic mass is 32.2. The lowest BCUT2D eigenvalue weighted by atomic mass is 10.1. The van der Waals surface area contributed by atoms with Gasteiger partial charge in [0.1, 0.15) is 5.70 Å². The highest BCUT2D eigenvalue weighted by Crippen LogP contribution is 2.43. The summed E-state index contributed by atoms with van der Waals surface area (Å²) in [5, 5.41) is 19.0. The number of hydrogen-bond acceptors (Lipinski definition) is 10. The molecule has 25 heavy (non-hydrogen) atoms. The van der Waals surface area contributed by atoms with E-state index in [4.69, 9.17) is 10.3 Å². The minimum atomic E-state index is -4.34. The Labute approximate surface area is 149 Å². The first kappa shape index (κ1) is 18.1. The monoisotopic (exact) mass is 408 g/mol. The van der Waals surface area contributed by atoms with Crippen LogP contribution in [-0.2, 0) is 25.6 Å². The van der Waals surface area contributed by atoms with Crippen LogP contribution in [0.5, 0.6) is 0 Å². The SMILES string of the molecule is NC1SC2CC(=O)N2C(C(=O)O)=C1CSc1nnnn1CS(=O)(=O)O. The second kappa shape index (κ2) is 6.56. The lowest BCUT2D eigenvalue weighted by Gasteiger charge is -2.45. The van der Waals surface area contributed by atoms with Crippen LogP contribution in [-0.4, -0.2) is 71.6 Å². The molecule has 1 fully saturated rings. The van der Waals surface area contributed by atoms with E-state index in [1.807, 2.05) is 0 Å². The lowest BCUT2D eigenvalue weighted by molar-refractivity contribution is -0.146. The topological polar surface area (TPSA) is 182 Å². The Bertz CT molecular complexity index is 866. The number of rotatable bonds is 6. The second-order valence-corrected chi connectivity index (χ2v) is 8.81. The van der Waals surface area contributed by atoms with Gasteiger partial charge in [0.05, 0.1) is 17.2 Å². The fraction of sp³-hybridized carbons (Fsp3) is 0.500. The van der Waals surface area contributed by atoms with Crippen LogP contribution in [0.15, 0.2) is 16.4 Å². The van der Waals surface area contributed by atoms with Crippen LogP contribution >= 0.6 is 23.5 Å². The molecule has 3 rings (SSSR count).